The number of carbonyl (C=O) groups is 1. The molecule has 0 unspecified atom stereocenters. The van der Waals surface area contributed by atoms with E-state index in [0.717, 1.165) is 45.1 Å². The van der Waals surface area contributed by atoms with Crippen LogP contribution >= 0.6 is 0 Å². The van der Waals surface area contributed by atoms with E-state index in [4.69, 9.17) is 14.2 Å². The molecule has 3 fully saturated rings. The maximum Gasteiger partial charge on any atom is 0.272 e. The SMILES string of the molecule is CCc1nc(NC[C@H]2CCC[C@@H](c3ccc(C)cc3)O2)cc(C(=O)N2CCC(N[C@H]3CCOC[C@H]3OC)CC2)n1. The van der Waals surface area contributed by atoms with Gasteiger partial charge in [-0.2, -0.15) is 0 Å². The highest BCUT2D eigenvalue weighted by Gasteiger charge is 2.31. The first kappa shape index (κ1) is 28.9. The molecule has 218 valence electrons. The zero-order valence-corrected chi connectivity index (χ0v) is 24.2. The second kappa shape index (κ2) is 13.9. The fraction of sp³-hybridized carbons (Fsp3) is 0.645. The summed E-state index contributed by atoms with van der Waals surface area (Å²) in [6.07, 6.45) is 6.93. The molecule has 3 aliphatic rings. The lowest BCUT2D eigenvalue weighted by molar-refractivity contribution is -0.0533. The van der Waals surface area contributed by atoms with E-state index in [2.05, 4.69) is 51.8 Å². The summed E-state index contributed by atoms with van der Waals surface area (Å²) >= 11 is 0. The van der Waals surface area contributed by atoms with E-state index < -0.39 is 0 Å². The highest BCUT2D eigenvalue weighted by molar-refractivity contribution is 5.93. The number of carbonyl (C=O) groups excluding carboxylic acids is 1. The summed E-state index contributed by atoms with van der Waals surface area (Å²) in [7, 11) is 1.75. The Hall–Kier alpha value is -2.59. The number of anilines is 1. The van der Waals surface area contributed by atoms with Crippen LogP contribution in [0.2, 0.25) is 0 Å². The van der Waals surface area contributed by atoms with Crippen LogP contribution in [-0.2, 0) is 20.6 Å². The van der Waals surface area contributed by atoms with Gasteiger partial charge in [-0.05, 0) is 51.0 Å². The van der Waals surface area contributed by atoms with E-state index in [0.29, 0.717) is 62.1 Å². The Kier molecular flexibility index (Phi) is 10.0. The third-order valence-electron chi connectivity index (χ3n) is 8.46. The second-order valence-corrected chi connectivity index (χ2v) is 11.4. The van der Waals surface area contributed by atoms with Gasteiger partial charge in [-0.25, -0.2) is 9.97 Å². The molecular formula is C31H45N5O4. The lowest BCUT2D eigenvalue weighted by atomic mass is 9.97. The molecule has 3 aliphatic heterocycles. The smallest absolute Gasteiger partial charge is 0.272 e. The van der Waals surface area contributed by atoms with Gasteiger partial charge >= 0.3 is 0 Å². The average Bonchev–Trinajstić information content (AvgIpc) is 3.00. The van der Waals surface area contributed by atoms with E-state index in [1.807, 2.05) is 11.8 Å². The molecule has 0 saturated carbocycles. The second-order valence-electron chi connectivity index (χ2n) is 11.4. The number of nitrogens with one attached hydrogen (secondary N) is 2. The fourth-order valence-corrected chi connectivity index (χ4v) is 6.00. The maximum absolute atomic E-state index is 13.5. The van der Waals surface area contributed by atoms with Crippen LogP contribution < -0.4 is 10.6 Å². The van der Waals surface area contributed by atoms with Gasteiger partial charge in [0, 0.05) is 57.9 Å². The molecule has 0 aliphatic carbocycles. The fourth-order valence-electron chi connectivity index (χ4n) is 6.00. The Morgan fingerprint density at radius 2 is 1.90 bits per heavy atom. The van der Waals surface area contributed by atoms with Crippen LogP contribution in [0.1, 0.15) is 79.0 Å². The molecule has 4 atom stereocenters. The van der Waals surface area contributed by atoms with Gasteiger partial charge in [-0.1, -0.05) is 36.8 Å². The zero-order chi connectivity index (χ0) is 27.9. The number of ether oxygens (including phenoxy) is 3. The summed E-state index contributed by atoms with van der Waals surface area (Å²) in [4.78, 5) is 24.7. The number of benzene rings is 1. The number of methoxy groups -OCH3 is 1. The van der Waals surface area contributed by atoms with Crippen molar-refractivity contribution in [1.29, 1.82) is 0 Å². The predicted octanol–water partition coefficient (Wildman–Crippen LogP) is 4.07. The average molecular weight is 552 g/mol. The van der Waals surface area contributed by atoms with Crippen LogP contribution in [0.4, 0.5) is 5.82 Å². The number of amides is 1. The van der Waals surface area contributed by atoms with Gasteiger partial charge in [0.1, 0.15) is 17.3 Å². The van der Waals surface area contributed by atoms with E-state index in [-0.39, 0.29) is 24.2 Å². The molecule has 0 spiro atoms. The maximum atomic E-state index is 13.5. The van der Waals surface area contributed by atoms with Crippen LogP contribution in [0.5, 0.6) is 0 Å². The Morgan fingerprint density at radius 3 is 2.65 bits per heavy atom. The number of rotatable bonds is 9. The third-order valence-corrected chi connectivity index (χ3v) is 8.46. The van der Waals surface area contributed by atoms with Crippen LogP contribution in [-0.4, -0.2) is 85.0 Å². The van der Waals surface area contributed by atoms with Gasteiger partial charge in [-0.15, -0.1) is 0 Å². The minimum atomic E-state index is -0.0206. The molecule has 3 saturated heterocycles. The molecular weight excluding hydrogens is 506 g/mol. The molecule has 9 heteroatoms. The summed E-state index contributed by atoms with van der Waals surface area (Å²) in [6, 6.07) is 11.1. The van der Waals surface area contributed by atoms with Crippen LogP contribution in [0.15, 0.2) is 30.3 Å². The molecule has 2 N–H and O–H groups in total. The summed E-state index contributed by atoms with van der Waals surface area (Å²) < 4.78 is 17.6. The first-order valence-electron chi connectivity index (χ1n) is 15.0. The molecule has 2 aromatic rings. The number of piperidine rings is 1. The number of nitrogens with zero attached hydrogens (tertiary/aromatic N) is 3. The minimum Gasteiger partial charge on any atom is -0.379 e. The van der Waals surface area contributed by atoms with Crippen molar-refractivity contribution in [2.75, 3.05) is 45.3 Å². The van der Waals surface area contributed by atoms with E-state index in [1.54, 1.807) is 13.2 Å². The Bertz CT molecular complexity index is 1110. The topological polar surface area (TPSA) is 97.8 Å². The molecule has 1 amide bonds. The molecule has 4 heterocycles. The highest BCUT2D eigenvalue weighted by Crippen LogP contribution is 2.31. The molecule has 5 rings (SSSR count). The van der Waals surface area contributed by atoms with Gasteiger partial charge in [0.15, 0.2) is 0 Å². The molecule has 40 heavy (non-hydrogen) atoms. The van der Waals surface area contributed by atoms with Crippen molar-refractivity contribution in [3.8, 4) is 0 Å². The van der Waals surface area contributed by atoms with Crippen molar-refractivity contribution < 1.29 is 19.0 Å². The summed E-state index contributed by atoms with van der Waals surface area (Å²) in [6.45, 7) is 7.60. The Labute approximate surface area is 238 Å². The largest absolute Gasteiger partial charge is 0.379 e. The quantitative estimate of drug-likeness (QED) is 0.482. The zero-order valence-electron chi connectivity index (χ0n) is 24.2. The lowest BCUT2D eigenvalue weighted by Crippen LogP contribution is -2.54. The molecule has 9 nitrogen and oxygen atoms in total. The Balaban J connectivity index is 1.15. The third kappa shape index (κ3) is 7.37. The van der Waals surface area contributed by atoms with Gasteiger partial charge in [-0.3, -0.25) is 4.79 Å². The van der Waals surface area contributed by atoms with Gasteiger partial charge in [0.2, 0.25) is 0 Å². The number of aromatic nitrogens is 2. The van der Waals surface area contributed by atoms with Crippen molar-refractivity contribution in [2.24, 2.45) is 0 Å². The molecule has 1 aromatic carbocycles. The first-order valence-corrected chi connectivity index (χ1v) is 15.0. The molecule has 1 aromatic heterocycles. The highest BCUT2D eigenvalue weighted by atomic mass is 16.5. The summed E-state index contributed by atoms with van der Waals surface area (Å²) in [5.74, 6) is 1.35. The van der Waals surface area contributed by atoms with Crippen molar-refractivity contribution in [3.63, 3.8) is 0 Å². The first-order chi connectivity index (χ1) is 19.5. The normalized spacial score (nSPS) is 26.0. The van der Waals surface area contributed by atoms with E-state index >= 15 is 0 Å². The summed E-state index contributed by atoms with van der Waals surface area (Å²) in [5, 5.41) is 7.21. The number of aryl methyl sites for hydroxylation is 2. The van der Waals surface area contributed by atoms with Crippen molar-refractivity contribution in [1.82, 2.24) is 20.2 Å². The number of hydrogen-bond acceptors (Lipinski definition) is 8. The van der Waals surface area contributed by atoms with Gasteiger partial charge in [0.05, 0.1) is 24.9 Å². The minimum absolute atomic E-state index is 0.0206. The predicted molar refractivity (Wildman–Crippen MR) is 155 cm³/mol. The lowest BCUT2D eigenvalue weighted by Gasteiger charge is -2.38. The van der Waals surface area contributed by atoms with Gasteiger partial charge < -0.3 is 29.7 Å². The van der Waals surface area contributed by atoms with Crippen molar-refractivity contribution in [3.05, 3.63) is 53.0 Å². The van der Waals surface area contributed by atoms with E-state index in [1.165, 1.54) is 11.1 Å². The monoisotopic (exact) mass is 551 g/mol. The van der Waals surface area contributed by atoms with Crippen molar-refractivity contribution in [2.45, 2.75) is 89.2 Å². The number of hydrogen-bond donors (Lipinski definition) is 2. The van der Waals surface area contributed by atoms with Crippen LogP contribution in [0, 0.1) is 6.92 Å². The van der Waals surface area contributed by atoms with Crippen LogP contribution in [0.25, 0.3) is 0 Å². The van der Waals surface area contributed by atoms with Crippen LogP contribution in [0.3, 0.4) is 0 Å². The standard InChI is InChI=1S/C31H45N5O4/c1-4-29-34-26(31(37)36-15-12-23(13-16-36)33-25-14-17-39-20-28(25)38-3)18-30(35-29)32-19-24-6-5-7-27(40-24)22-10-8-21(2)9-11-22/h8-11,18,23-25,27-28,33H,4-7,12-17,19-20H2,1-3H3,(H,32,34,35)/t24-,25+,27+,28-/m1/s1. The molecule has 0 radical (unpaired) electrons. The Morgan fingerprint density at radius 1 is 1.10 bits per heavy atom. The molecule has 0 bridgehead atoms. The number of likely N-dealkylation sites (tertiary alicyclic amines) is 1. The van der Waals surface area contributed by atoms with Crippen molar-refractivity contribution >= 4 is 11.7 Å². The van der Waals surface area contributed by atoms with Gasteiger partial charge in [0.25, 0.3) is 5.91 Å². The van der Waals surface area contributed by atoms with E-state index in [9.17, 15) is 4.79 Å². The summed E-state index contributed by atoms with van der Waals surface area (Å²) in [5.41, 5.74) is 2.96.